The summed E-state index contributed by atoms with van der Waals surface area (Å²) in [5.74, 6) is -0.951. The first-order valence-electron chi connectivity index (χ1n) is 8.44. The quantitative estimate of drug-likeness (QED) is 0.653. The minimum atomic E-state index is -1.27. The van der Waals surface area contributed by atoms with E-state index in [-0.39, 0.29) is 17.9 Å². The maximum absolute atomic E-state index is 12.5. The third-order valence-corrected chi connectivity index (χ3v) is 5.48. The molecule has 0 radical (unpaired) electrons. The van der Waals surface area contributed by atoms with Crippen LogP contribution in [0.25, 0.3) is 10.9 Å². The monoisotopic (exact) mass is 381 g/mol. The van der Waals surface area contributed by atoms with Gasteiger partial charge in [0, 0.05) is 16.0 Å². The predicted octanol–water partition coefficient (Wildman–Crippen LogP) is 2.02. The number of benzene rings is 2. The molecule has 2 amide bonds. The molecule has 0 unspecified atom stereocenters. The van der Waals surface area contributed by atoms with E-state index in [1.54, 1.807) is 42.5 Å². The van der Waals surface area contributed by atoms with Gasteiger partial charge in [-0.3, -0.25) is 13.8 Å². The van der Waals surface area contributed by atoms with Gasteiger partial charge >= 0.3 is 0 Å². The number of nitrogens with zero attached hydrogens (tertiary/aromatic N) is 1. The van der Waals surface area contributed by atoms with Gasteiger partial charge in [-0.2, -0.15) is 0 Å². The van der Waals surface area contributed by atoms with Gasteiger partial charge in [-0.1, -0.05) is 42.5 Å². The van der Waals surface area contributed by atoms with Crippen LogP contribution in [0.4, 0.5) is 0 Å². The van der Waals surface area contributed by atoms with Gasteiger partial charge in [-0.05, 0) is 30.7 Å². The molecule has 6 nitrogen and oxygen atoms in total. The number of amides is 2. The minimum absolute atomic E-state index is 0.177. The highest BCUT2D eigenvalue weighted by atomic mass is 32.2. The molecule has 2 aromatic carbocycles. The van der Waals surface area contributed by atoms with Crippen LogP contribution in [0.3, 0.4) is 0 Å². The van der Waals surface area contributed by atoms with Crippen LogP contribution in [0, 0.1) is 0 Å². The molecular formula is C20H19N3O3S. The number of pyridine rings is 1. The molecular weight excluding hydrogens is 362 g/mol. The van der Waals surface area contributed by atoms with Crippen molar-refractivity contribution in [2.24, 2.45) is 5.73 Å². The largest absolute Gasteiger partial charge is 0.368 e. The van der Waals surface area contributed by atoms with Crippen LogP contribution in [0.1, 0.15) is 16.9 Å². The van der Waals surface area contributed by atoms with Crippen LogP contribution in [0.2, 0.25) is 0 Å². The number of nitrogens with two attached hydrogens (primary N) is 1. The number of nitrogens with one attached hydrogen (secondary N) is 1. The summed E-state index contributed by atoms with van der Waals surface area (Å²) < 4.78 is 12.3. The Balaban J connectivity index is 1.67. The Morgan fingerprint density at radius 3 is 2.44 bits per heavy atom. The zero-order valence-electron chi connectivity index (χ0n) is 14.5. The van der Waals surface area contributed by atoms with Crippen LogP contribution in [0.5, 0.6) is 0 Å². The number of aromatic nitrogens is 1. The lowest BCUT2D eigenvalue weighted by Gasteiger charge is -2.15. The number of fused-ring (bicyclic) bond motifs is 1. The molecule has 0 bridgehead atoms. The number of rotatable bonds is 7. The molecule has 0 saturated heterocycles. The standard InChI is InChI=1S/C20H19N3O3S/c21-19(24)17(12-13-27(26)15-7-2-1-3-8-15)23-20(25)18-11-10-14-6-4-5-9-16(14)22-18/h1-11,17H,12-13H2,(H2,21,24)(H,23,25)/t17-,27-/m0/s1. The van der Waals surface area contributed by atoms with Gasteiger partial charge in [0.05, 0.1) is 16.3 Å². The van der Waals surface area contributed by atoms with Crippen molar-refractivity contribution in [3.05, 3.63) is 72.4 Å². The number of hydrogen-bond donors (Lipinski definition) is 2. The van der Waals surface area contributed by atoms with Crippen molar-refractivity contribution in [3.63, 3.8) is 0 Å². The molecule has 1 aromatic heterocycles. The highest BCUT2D eigenvalue weighted by Crippen LogP contribution is 2.12. The molecule has 2 atom stereocenters. The summed E-state index contributed by atoms with van der Waals surface area (Å²) >= 11 is 0. The van der Waals surface area contributed by atoms with E-state index >= 15 is 0 Å². The number of para-hydroxylation sites is 1. The average Bonchev–Trinajstić information content (AvgIpc) is 2.70. The summed E-state index contributed by atoms with van der Waals surface area (Å²) in [6, 6.07) is 18.8. The first-order valence-corrected chi connectivity index (χ1v) is 9.76. The zero-order chi connectivity index (χ0) is 19.2. The Labute approximate surface area is 159 Å². The minimum Gasteiger partial charge on any atom is -0.368 e. The lowest BCUT2D eigenvalue weighted by Crippen LogP contribution is -2.45. The Bertz CT molecular complexity index is 992. The molecule has 27 heavy (non-hydrogen) atoms. The lowest BCUT2D eigenvalue weighted by atomic mass is 10.2. The Morgan fingerprint density at radius 1 is 1.00 bits per heavy atom. The Morgan fingerprint density at radius 2 is 1.70 bits per heavy atom. The van der Waals surface area contributed by atoms with Crippen molar-refractivity contribution < 1.29 is 13.8 Å². The third-order valence-electron chi connectivity index (χ3n) is 4.08. The summed E-state index contributed by atoms with van der Waals surface area (Å²) in [7, 11) is -1.27. The van der Waals surface area contributed by atoms with Gasteiger partial charge in [0.1, 0.15) is 11.7 Å². The number of primary amides is 1. The summed E-state index contributed by atoms with van der Waals surface area (Å²) in [6.45, 7) is 0. The molecule has 1 heterocycles. The smallest absolute Gasteiger partial charge is 0.270 e. The predicted molar refractivity (Wildman–Crippen MR) is 105 cm³/mol. The molecule has 3 rings (SSSR count). The van der Waals surface area contributed by atoms with Crippen molar-refractivity contribution in [2.45, 2.75) is 17.4 Å². The first kappa shape index (κ1) is 18.7. The van der Waals surface area contributed by atoms with Gasteiger partial charge in [0.25, 0.3) is 5.91 Å². The van der Waals surface area contributed by atoms with Crippen LogP contribution in [-0.4, -0.2) is 32.8 Å². The van der Waals surface area contributed by atoms with Gasteiger partial charge in [-0.15, -0.1) is 0 Å². The van der Waals surface area contributed by atoms with E-state index in [4.69, 9.17) is 5.73 Å². The molecule has 0 saturated carbocycles. The van der Waals surface area contributed by atoms with E-state index in [2.05, 4.69) is 10.3 Å². The highest BCUT2D eigenvalue weighted by Gasteiger charge is 2.21. The van der Waals surface area contributed by atoms with E-state index in [1.165, 1.54) is 0 Å². The summed E-state index contributed by atoms with van der Waals surface area (Å²) in [5, 5.41) is 3.51. The van der Waals surface area contributed by atoms with Gasteiger partial charge < -0.3 is 11.1 Å². The maximum atomic E-state index is 12.5. The zero-order valence-corrected chi connectivity index (χ0v) is 15.3. The molecule has 0 aliphatic rings. The summed E-state index contributed by atoms with van der Waals surface area (Å²) in [5.41, 5.74) is 6.29. The first-order chi connectivity index (χ1) is 13.0. The highest BCUT2D eigenvalue weighted by molar-refractivity contribution is 7.85. The van der Waals surface area contributed by atoms with Crippen molar-refractivity contribution in [2.75, 3.05) is 5.75 Å². The van der Waals surface area contributed by atoms with E-state index in [0.29, 0.717) is 10.4 Å². The van der Waals surface area contributed by atoms with Crippen LogP contribution < -0.4 is 11.1 Å². The second-order valence-corrected chi connectivity index (χ2v) is 7.54. The molecule has 138 valence electrons. The fourth-order valence-corrected chi connectivity index (χ4v) is 3.77. The SMILES string of the molecule is NC(=O)[C@H](CC[S@](=O)c1ccccc1)NC(=O)c1ccc2ccccc2n1. The molecule has 0 aliphatic carbocycles. The van der Waals surface area contributed by atoms with E-state index in [1.807, 2.05) is 24.3 Å². The maximum Gasteiger partial charge on any atom is 0.270 e. The van der Waals surface area contributed by atoms with E-state index < -0.39 is 28.7 Å². The Kier molecular flexibility index (Phi) is 5.93. The molecule has 0 fully saturated rings. The van der Waals surface area contributed by atoms with E-state index in [9.17, 15) is 13.8 Å². The number of carbonyl (C=O) groups is 2. The van der Waals surface area contributed by atoms with Crippen molar-refractivity contribution >= 4 is 33.5 Å². The molecule has 0 spiro atoms. The van der Waals surface area contributed by atoms with Crippen molar-refractivity contribution in [1.29, 1.82) is 0 Å². The topological polar surface area (TPSA) is 102 Å². The summed E-state index contributed by atoms with van der Waals surface area (Å²) in [6.07, 6.45) is 0.177. The summed E-state index contributed by atoms with van der Waals surface area (Å²) in [4.78, 5) is 29.2. The fraction of sp³-hybridized carbons (Fsp3) is 0.150. The van der Waals surface area contributed by atoms with Crippen LogP contribution >= 0.6 is 0 Å². The molecule has 7 heteroatoms. The Hall–Kier alpha value is -3.06. The van der Waals surface area contributed by atoms with Gasteiger partial charge in [0.15, 0.2) is 0 Å². The fourth-order valence-electron chi connectivity index (χ4n) is 2.63. The normalized spacial score (nSPS) is 13.0. The van der Waals surface area contributed by atoms with Gasteiger partial charge in [-0.25, -0.2) is 4.98 Å². The molecule has 3 N–H and O–H groups in total. The molecule has 0 aliphatic heterocycles. The average molecular weight is 381 g/mol. The van der Waals surface area contributed by atoms with Gasteiger partial charge in [0.2, 0.25) is 5.91 Å². The number of carbonyl (C=O) groups excluding carboxylic acids is 2. The second-order valence-electron chi connectivity index (χ2n) is 5.97. The van der Waals surface area contributed by atoms with Crippen LogP contribution in [0.15, 0.2) is 71.6 Å². The van der Waals surface area contributed by atoms with Crippen molar-refractivity contribution in [3.8, 4) is 0 Å². The van der Waals surface area contributed by atoms with Crippen molar-refractivity contribution in [1.82, 2.24) is 10.3 Å². The second kappa shape index (κ2) is 8.55. The van der Waals surface area contributed by atoms with Crippen LogP contribution in [-0.2, 0) is 15.6 Å². The van der Waals surface area contributed by atoms with E-state index in [0.717, 1.165) is 5.39 Å². The number of hydrogen-bond acceptors (Lipinski definition) is 4. The lowest BCUT2D eigenvalue weighted by molar-refractivity contribution is -0.119. The molecule has 3 aromatic rings. The third kappa shape index (κ3) is 4.77.